The zero-order valence-electron chi connectivity index (χ0n) is 16.2. The molecule has 2 amide bonds. The summed E-state index contributed by atoms with van der Waals surface area (Å²) in [6.45, 7) is 14.5. The maximum Gasteiger partial charge on any atom is 0.237 e. The first kappa shape index (κ1) is 20.1. The summed E-state index contributed by atoms with van der Waals surface area (Å²) >= 11 is 0. The summed E-state index contributed by atoms with van der Waals surface area (Å²) in [6.07, 6.45) is 0.898. The maximum absolute atomic E-state index is 12.4. The monoisotopic (exact) mass is 354 g/mol. The van der Waals surface area contributed by atoms with Gasteiger partial charge in [0.15, 0.2) is 0 Å². The summed E-state index contributed by atoms with van der Waals surface area (Å²) in [5.41, 5.74) is -0.179. The number of amides is 2. The Balaban J connectivity index is 1.76. The van der Waals surface area contributed by atoms with Crippen molar-refractivity contribution in [1.29, 1.82) is 0 Å². The van der Waals surface area contributed by atoms with E-state index in [-0.39, 0.29) is 23.4 Å². The fourth-order valence-corrected chi connectivity index (χ4v) is 3.10. The number of nitrogens with one attached hydrogen (secondary N) is 1. The van der Waals surface area contributed by atoms with Crippen LogP contribution in [0.15, 0.2) is 0 Å². The highest BCUT2D eigenvalue weighted by atomic mass is 16.5. The summed E-state index contributed by atoms with van der Waals surface area (Å²) in [5, 5.41) is 3.11. The molecule has 0 aromatic carbocycles. The molecule has 144 valence electrons. The Morgan fingerprint density at radius 2 is 1.68 bits per heavy atom. The van der Waals surface area contributed by atoms with Crippen molar-refractivity contribution in [2.24, 2.45) is 0 Å². The second-order valence-electron chi connectivity index (χ2n) is 7.71. The van der Waals surface area contributed by atoms with Crippen LogP contribution in [0.3, 0.4) is 0 Å². The SMILES string of the molecule is CCC(C)(C)NC(=O)C(C)N1CCN(C(=O)CN2CCOCC2)CC1. The fourth-order valence-electron chi connectivity index (χ4n) is 3.10. The molecule has 7 heteroatoms. The van der Waals surface area contributed by atoms with Crippen LogP contribution in [0.2, 0.25) is 0 Å². The van der Waals surface area contributed by atoms with Crippen LogP contribution in [0, 0.1) is 0 Å². The van der Waals surface area contributed by atoms with Crippen molar-refractivity contribution in [1.82, 2.24) is 20.0 Å². The van der Waals surface area contributed by atoms with E-state index in [1.54, 1.807) is 0 Å². The molecule has 0 aromatic rings. The normalized spacial score (nSPS) is 21.8. The minimum Gasteiger partial charge on any atom is -0.379 e. The Hall–Kier alpha value is -1.18. The van der Waals surface area contributed by atoms with Gasteiger partial charge in [-0.05, 0) is 27.2 Å². The Morgan fingerprint density at radius 3 is 2.24 bits per heavy atom. The molecule has 1 atom stereocenters. The smallest absolute Gasteiger partial charge is 0.237 e. The van der Waals surface area contributed by atoms with Crippen molar-refractivity contribution < 1.29 is 14.3 Å². The Morgan fingerprint density at radius 1 is 1.08 bits per heavy atom. The Kier molecular flexibility index (Phi) is 7.22. The van der Waals surface area contributed by atoms with Crippen molar-refractivity contribution in [3.8, 4) is 0 Å². The van der Waals surface area contributed by atoms with Crippen LogP contribution in [0.25, 0.3) is 0 Å². The molecule has 0 bridgehead atoms. The lowest BCUT2D eigenvalue weighted by Gasteiger charge is -2.39. The molecule has 0 saturated carbocycles. The average Bonchev–Trinajstić information content (AvgIpc) is 2.61. The van der Waals surface area contributed by atoms with Crippen molar-refractivity contribution in [2.45, 2.75) is 45.7 Å². The van der Waals surface area contributed by atoms with Crippen LogP contribution in [0.1, 0.15) is 34.1 Å². The van der Waals surface area contributed by atoms with E-state index in [4.69, 9.17) is 4.74 Å². The molecule has 7 nitrogen and oxygen atoms in total. The number of ether oxygens (including phenoxy) is 1. The average molecular weight is 354 g/mol. The van der Waals surface area contributed by atoms with Gasteiger partial charge in [-0.15, -0.1) is 0 Å². The first-order valence-corrected chi connectivity index (χ1v) is 9.46. The number of nitrogens with zero attached hydrogens (tertiary/aromatic N) is 3. The van der Waals surface area contributed by atoms with Gasteiger partial charge in [-0.2, -0.15) is 0 Å². The predicted molar refractivity (Wildman–Crippen MR) is 97.4 cm³/mol. The largest absolute Gasteiger partial charge is 0.379 e. The third kappa shape index (κ3) is 5.94. The summed E-state index contributed by atoms with van der Waals surface area (Å²) in [5.74, 6) is 0.255. The van der Waals surface area contributed by atoms with Crippen LogP contribution < -0.4 is 5.32 Å². The standard InChI is InChI=1S/C18H34N4O3/c1-5-18(3,4)19-17(24)15(2)21-6-8-22(9-7-21)16(23)14-20-10-12-25-13-11-20/h15H,5-14H2,1-4H3,(H,19,24). The van der Waals surface area contributed by atoms with Crippen molar-refractivity contribution in [3.05, 3.63) is 0 Å². The van der Waals surface area contributed by atoms with Gasteiger partial charge in [0.2, 0.25) is 11.8 Å². The lowest BCUT2D eigenvalue weighted by molar-refractivity contribution is -0.136. The maximum atomic E-state index is 12.4. The van der Waals surface area contributed by atoms with Gasteiger partial charge in [-0.3, -0.25) is 19.4 Å². The van der Waals surface area contributed by atoms with Crippen LogP contribution in [0.4, 0.5) is 0 Å². The van der Waals surface area contributed by atoms with Crippen LogP contribution >= 0.6 is 0 Å². The molecule has 2 saturated heterocycles. The molecule has 2 rings (SSSR count). The van der Waals surface area contributed by atoms with Crippen LogP contribution in [-0.4, -0.2) is 97.1 Å². The molecular formula is C18H34N4O3. The third-order valence-electron chi connectivity index (χ3n) is 5.40. The van der Waals surface area contributed by atoms with E-state index in [1.807, 2.05) is 25.7 Å². The van der Waals surface area contributed by atoms with E-state index in [2.05, 4.69) is 22.0 Å². The van der Waals surface area contributed by atoms with Gasteiger partial charge in [-0.25, -0.2) is 0 Å². The molecule has 2 heterocycles. The van der Waals surface area contributed by atoms with Gasteiger partial charge in [-0.1, -0.05) is 6.92 Å². The zero-order chi connectivity index (χ0) is 18.4. The van der Waals surface area contributed by atoms with Crippen molar-refractivity contribution in [2.75, 3.05) is 59.0 Å². The summed E-state index contributed by atoms with van der Waals surface area (Å²) in [4.78, 5) is 31.1. The molecule has 2 aliphatic rings. The number of hydrogen-bond acceptors (Lipinski definition) is 5. The molecule has 1 N–H and O–H groups in total. The van der Waals surface area contributed by atoms with Crippen LogP contribution in [-0.2, 0) is 14.3 Å². The molecule has 0 spiro atoms. The van der Waals surface area contributed by atoms with E-state index in [1.165, 1.54) is 0 Å². The fraction of sp³-hybridized carbons (Fsp3) is 0.889. The minimum absolute atomic E-state index is 0.0694. The molecule has 0 aliphatic carbocycles. The number of piperazine rings is 1. The number of rotatable bonds is 6. The topological polar surface area (TPSA) is 65.1 Å². The van der Waals surface area contributed by atoms with Gasteiger partial charge < -0.3 is 15.0 Å². The summed E-state index contributed by atoms with van der Waals surface area (Å²) in [6, 6.07) is -0.165. The molecule has 0 aromatic heterocycles. The zero-order valence-corrected chi connectivity index (χ0v) is 16.2. The van der Waals surface area contributed by atoms with Gasteiger partial charge in [0.05, 0.1) is 25.8 Å². The van der Waals surface area contributed by atoms with Crippen LogP contribution in [0.5, 0.6) is 0 Å². The van der Waals surface area contributed by atoms with E-state index >= 15 is 0 Å². The summed E-state index contributed by atoms with van der Waals surface area (Å²) in [7, 11) is 0. The number of carbonyl (C=O) groups excluding carboxylic acids is 2. The lowest BCUT2D eigenvalue weighted by atomic mass is 10.0. The highest BCUT2D eigenvalue weighted by Gasteiger charge is 2.30. The van der Waals surface area contributed by atoms with E-state index in [0.717, 1.165) is 32.6 Å². The van der Waals surface area contributed by atoms with Gasteiger partial charge in [0.1, 0.15) is 0 Å². The third-order valence-corrected chi connectivity index (χ3v) is 5.40. The lowest BCUT2D eigenvalue weighted by Crippen LogP contribution is -2.58. The first-order chi connectivity index (χ1) is 11.8. The molecule has 2 aliphatic heterocycles. The van der Waals surface area contributed by atoms with E-state index in [9.17, 15) is 9.59 Å². The highest BCUT2D eigenvalue weighted by Crippen LogP contribution is 2.11. The van der Waals surface area contributed by atoms with Gasteiger partial charge >= 0.3 is 0 Å². The highest BCUT2D eigenvalue weighted by molar-refractivity contribution is 5.82. The molecular weight excluding hydrogens is 320 g/mol. The second kappa shape index (κ2) is 8.96. The number of hydrogen-bond donors (Lipinski definition) is 1. The number of morpholine rings is 1. The second-order valence-corrected chi connectivity index (χ2v) is 7.71. The molecule has 1 unspecified atom stereocenters. The molecule has 2 fully saturated rings. The van der Waals surface area contributed by atoms with E-state index in [0.29, 0.717) is 32.8 Å². The van der Waals surface area contributed by atoms with Gasteiger partial charge in [0.25, 0.3) is 0 Å². The first-order valence-electron chi connectivity index (χ1n) is 9.46. The van der Waals surface area contributed by atoms with E-state index < -0.39 is 0 Å². The number of carbonyl (C=O) groups is 2. The Labute approximate surface area is 151 Å². The summed E-state index contributed by atoms with van der Waals surface area (Å²) < 4.78 is 5.32. The molecule has 25 heavy (non-hydrogen) atoms. The quantitative estimate of drug-likeness (QED) is 0.736. The van der Waals surface area contributed by atoms with Crippen molar-refractivity contribution in [3.63, 3.8) is 0 Å². The van der Waals surface area contributed by atoms with Gasteiger partial charge in [0, 0.05) is 44.8 Å². The van der Waals surface area contributed by atoms with Crippen molar-refractivity contribution >= 4 is 11.8 Å². The predicted octanol–water partition coefficient (Wildman–Crippen LogP) is 0.156. The molecule has 0 radical (unpaired) electrons. The minimum atomic E-state index is -0.179. The Bertz CT molecular complexity index is 455.